The van der Waals surface area contributed by atoms with Gasteiger partial charge < -0.3 is 15.4 Å². The third-order valence-corrected chi connectivity index (χ3v) is 5.40. The van der Waals surface area contributed by atoms with E-state index in [1.807, 2.05) is 7.05 Å². The van der Waals surface area contributed by atoms with Gasteiger partial charge in [0.15, 0.2) is 5.96 Å². The molecule has 1 heterocycles. The maximum Gasteiger partial charge on any atom is 0.191 e. The van der Waals surface area contributed by atoms with E-state index in [1.165, 1.54) is 19.3 Å². The van der Waals surface area contributed by atoms with Gasteiger partial charge in [-0.25, -0.2) is 0 Å². The van der Waals surface area contributed by atoms with Gasteiger partial charge in [-0.3, -0.25) is 4.99 Å². The van der Waals surface area contributed by atoms with E-state index in [0.717, 1.165) is 19.1 Å². The van der Waals surface area contributed by atoms with Crippen molar-refractivity contribution in [3.8, 4) is 0 Å². The molecule has 2 saturated carbocycles. The first-order valence-corrected chi connectivity index (χ1v) is 7.55. The van der Waals surface area contributed by atoms with Crippen molar-refractivity contribution in [3.63, 3.8) is 0 Å². The zero-order valence-electron chi connectivity index (χ0n) is 13.0. The van der Waals surface area contributed by atoms with Crippen LogP contribution in [0.15, 0.2) is 4.99 Å². The summed E-state index contributed by atoms with van der Waals surface area (Å²) in [5.41, 5.74) is 0.716. The average Bonchev–Trinajstić information content (AvgIpc) is 2.93. The summed E-state index contributed by atoms with van der Waals surface area (Å²) in [5, 5.41) is 7.11. The number of aliphatic imine (C=N–C) groups is 1. The van der Waals surface area contributed by atoms with E-state index in [2.05, 4.69) is 36.4 Å². The second kappa shape index (κ2) is 5.63. The lowest BCUT2D eigenvalue weighted by Crippen LogP contribution is -2.68. The van der Waals surface area contributed by atoms with Gasteiger partial charge >= 0.3 is 0 Å². The molecule has 0 aromatic carbocycles. The molecule has 3 aliphatic rings. The average molecular weight is 393 g/mol. The number of ether oxygens (including phenoxy) is 1. The first-order chi connectivity index (χ1) is 8.96. The van der Waals surface area contributed by atoms with Crippen LogP contribution in [-0.2, 0) is 4.74 Å². The largest absolute Gasteiger partial charge is 0.377 e. The summed E-state index contributed by atoms with van der Waals surface area (Å²) in [6, 6.07) is 0.484. The van der Waals surface area contributed by atoms with Gasteiger partial charge in [0.25, 0.3) is 0 Å². The Bertz CT molecular complexity index is 393. The molecule has 0 spiro atoms. The molecule has 0 aromatic heterocycles. The number of rotatable bonds is 3. The molecule has 2 N–H and O–H groups in total. The maximum absolute atomic E-state index is 5.84. The second-order valence-corrected chi connectivity index (χ2v) is 7.42. The zero-order valence-corrected chi connectivity index (χ0v) is 15.4. The van der Waals surface area contributed by atoms with Gasteiger partial charge in [0.1, 0.15) is 0 Å². The molecule has 0 radical (unpaired) electrons. The topological polar surface area (TPSA) is 45.7 Å². The van der Waals surface area contributed by atoms with Gasteiger partial charge in [-0.1, -0.05) is 20.8 Å². The number of halogens is 1. The third kappa shape index (κ3) is 2.80. The molecule has 0 bridgehead atoms. The molecule has 3 unspecified atom stereocenters. The third-order valence-electron chi connectivity index (χ3n) is 5.40. The van der Waals surface area contributed by atoms with E-state index in [0.29, 0.717) is 23.5 Å². The Balaban J connectivity index is 0.00000147. The fraction of sp³-hybridized carbons (Fsp3) is 0.933. The van der Waals surface area contributed by atoms with Crippen LogP contribution in [0.25, 0.3) is 0 Å². The van der Waals surface area contributed by atoms with Crippen molar-refractivity contribution >= 4 is 29.9 Å². The highest BCUT2D eigenvalue weighted by molar-refractivity contribution is 14.0. The number of nitrogens with one attached hydrogen (secondary N) is 2. The fourth-order valence-electron chi connectivity index (χ4n) is 3.65. The molecule has 3 atom stereocenters. The van der Waals surface area contributed by atoms with Crippen LogP contribution in [-0.4, -0.2) is 38.3 Å². The van der Waals surface area contributed by atoms with Crippen molar-refractivity contribution in [2.75, 3.05) is 20.2 Å². The Hall–Kier alpha value is -0.0400. The van der Waals surface area contributed by atoms with Crippen LogP contribution >= 0.6 is 24.0 Å². The normalized spacial score (nSPS) is 36.4. The standard InChI is InChI=1S/C15H27N3O.HI/c1-14(2)11(10-5-8-19-12(10)14)18-13(16-4)17-9-15(3)6-7-15;/h10-12H,5-9H2,1-4H3,(H2,16,17,18);1H. The van der Waals surface area contributed by atoms with E-state index >= 15 is 0 Å². The molecule has 116 valence electrons. The monoisotopic (exact) mass is 393 g/mol. The van der Waals surface area contributed by atoms with Crippen molar-refractivity contribution in [1.82, 2.24) is 10.6 Å². The van der Waals surface area contributed by atoms with Crippen LogP contribution < -0.4 is 10.6 Å². The van der Waals surface area contributed by atoms with Gasteiger partial charge in [-0.15, -0.1) is 24.0 Å². The van der Waals surface area contributed by atoms with Crippen molar-refractivity contribution in [2.24, 2.45) is 21.7 Å². The summed E-state index contributed by atoms with van der Waals surface area (Å²) in [6.07, 6.45) is 4.29. The van der Waals surface area contributed by atoms with Crippen molar-refractivity contribution in [2.45, 2.75) is 52.2 Å². The van der Waals surface area contributed by atoms with Crippen LogP contribution in [0, 0.1) is 16.7 Å². The minimum Gasteiger partial charge on any atom is -0.377 e. The van der Waals surface area contributed by atoms with Crippen LogP contribution in [0.2, 0.25) is 0 Å². The summed E-state index contributed by atoms with van der Waals surface area (Å²) in [7, 11) is 1.86. The van der Waals surface area contributed by atoms with Crippen LogP contribution in [0.1, 0.15) is 40.0 Å². The molecule has 3 rings (SSSR count). The summed E-state index contributed by atoms with van der Waals surface area (Å²) in [4.78, 5) is 4.37. The lowest BCUT2D eigenvalue weighted by Gasteiger charge is -2.54. The fourth-order valence-corrected chi connectivity index (χ4v) is 3.65. The lowest BCUT2D eigenvalue weighted by atomic mass is 9.57. The molecule has 20 heavy (non-hydrogen) atoms. The summed E-state index contributed by atoms with van der Waals surface area (Å²) in [5.74, 6) is 1.61. The Morgan fingerprint density at radius 2 is 2.00 bits per heavy atom. The Kier molecular flexibility index (Phi) is 4.60. The quantitative estimate of drug-likeness (QED) is 0.440. The lowest BCUT2D eigenvalue weighted by molar-refractivity contribution is -0.106. The first kappa shape index (κ1) is 16.3. The summed E-state index contributed by atoms with van der Waals surface area (Å²) >= 11 is 0. The smallest absolute Gasteiger partial charge is 0.191 e. The van der Waals surface area contributed by atoms with Crippen LogP contribution in [0.5, 0.6) is 0 Å². The first-order valence-electron chi connectivity index (χ1n) is 7.55. The minimum atomic E-state index is 0. The van der Waals surface area contributed by atoms with Crippen molar-refractivity contribution in [3.05, 3.63) is 0 Å². The van der Waals surface area contributed by atoms with Gasteiger partial charge in [-0.2, -0.15) is 0 Å². The van der Waals surface area contributed by atoms with E-state index in [-0.39, 0.29) is 29.4 Å². The van der Waals surface area contributed by atoms with E-state index in [1.54, 1.807) is 0 Å². The number of fused-ring (bicyclic) bond motifs is 1. The van der Waals surface area contributed by atoms with Gasteiger partial charge in [0.05, 0.1) is 6.10 Å². The minimum absolute atomic E-state index is 0. The molecule has 1 saturated heterocycles. The van der Waals surface area contributed by atoms with Gasteiger partial charge in [0.2, 0.25) is 0 Å². The number of nitrogens with zero attached hydrogens (tertiary/aromatic N) is 1. The Morgan fingerprint density at radius 3 is 2.60 bits per heavy atom. The Labute approximate surface area is 139 Å². The van der Waals surface area contributed by atoms with Gasteiger partial charge in [-0.05, 0) is 24.7 Å². The molecular formula is C15H28IN3O. The zero-order chi connectivity index (χ0) is 13.7. The molecular weight excluding hydrogens is 365 g/mol. The highest BCUT2D eigenvalue weighted by Gasteiger charge is 2.59. The Morgan fingerprint density at radius 1 is 1.30 bits per heavy atom. The van der Waals surface area contributed by atoms with Crippen LogP contribution in [0.4, 0.5) is 0 Å². The summed E-state index contributed by atoms with van der Waals surface area (Å²) in [6.45, 7) is 8.88. The molecule has 3 fully saturated rings. The van der Waals surface area contributed by atoms with E-state index in [9.17, 15) is 0 Å². The molecule has 0 aromatic rings. The number of hydrogen-bond acceptors (Lipinski definition) is 2. The maximum atomic E-state index is 5.84. The molecule has 4 nitrogen and oxygen atoms in total. The van der Waals surface area contributed by atoms with E-state index in [4.69, 9.17) is 4.74 Å². The van der Waals surface area contributed by atoms with Crippen LogP contribution in [0.3, 0.4) is 0 Å². The predicted molar refractivity (Wildman–Crippen MR) is 92.7 cm³/mol. The van der Waals surface area contributed by atoms with Crippen molar-refractivity contribution < 1.29 is 4.74 Å². The summed E-state index contributed by atoms with van der Waals surface area (Å²) < 4.78 is 5.84. The molecule has 2 aliphatic carbocycles. The molecule has 1 aliphatic heterocycles. The van der Waals surface area contributed by atoms with Crippen molar-refractivity contribution in [1.29, 1.82) is 0 Å². The van der Waals surface area contributed by atoms with Gasteiger partial charge in [0, 0.05) is 37.6 Å². The second-order valence-electron chi connectivity index (χ2n) is 7.42. The SMILES string of the molecule is CN=C(NCC1(C)CC1)NC1C2CCOC2C1(C)C.I. The predicted octanol–water partition coefficient (Wildman–Crippen LogP) is 2.38. The highest BCUT2D eigenvalue weighted by Crippen LogP contribution is 2.52. The highest BCUT2D eigenvalue weighted by atomic mass is 127. The number of hydrogen-bond donors (Lipinski definition) is 2. The van der Waals surface area contributed by atoms with E-state index < -0.39 is 0 Å². The molecule has 5 heteroatoms. The number of guanidine groups is 1. The molecule has 0 amide bonds.